The molecule has 1 aromatic carbocycles. The fourth-order valence-electron chi connectivity index (χ4n) is 3.27. The Hall–Kier alpha value is -1.02. The Balaban J connectivity index is 2.47. The van der Waals surface area contributed by atoms with Gasteiger partial charge < -0.3 is 10.5 Å². The summed E-state index contributed by atoms with van der Waals surface area (Å²) in [6, 6.07) is 4.51. The fourth-order valence-corrected chi connectivity index (χ4v) is 3.27. The number of hydrogen-bond acceptors (Lipinski definition) is 2. The topological polar surface area (TPSA) is 35.2 Å². The second-order valence-electron chi connectivity index (χ2n) is 6.29. The smallest absolute Gasteiger partial charge is 0.125 e. The van der Waals surface area contributed by atoms with Gasteiger partial charge in [0.2, 0.25) is 0 Å². The molecular formula is C17H27NO. The third kappa shape index (κ3) is 2.79. The van der Waals surface area contributed by atoms with Crippen molar-refractivity contribution in [3.05, 3.63) is 28.8 Å². The summed E-state index contributed by atoms with van der Waals surface area (Å²) in [5.41, 5.74) is 10.3. The predicted octanol–water partition coefficient (Wildman–Crippen LogP) is 4.25. The standard InChI is InChI=1S/C17H27NO/c1-12(2)15-11-14(10-13(3)16(15)19-4)17(18)8-6-5-7-9-17/h10-12H,5-9,18H2,1-4H3. The minimum atomic E-state index is -0.126. The maximum absolute atomic E-state index is 6.67. The molecule has 1 fully saturated rings. The van der Waals surface area contributed by atoms with Crippen LogP contribution in [0, 0.1) is 6.92 Å². The van der Waals surface area contributed by atoms with E-state index in [4.69, 9.17) is 10.5 Å². The number of benzene rings is 1. The summed E-state index contributed by atoms with van der Waals surface area (Å²) < 4.78 is 5.57. The first kappa shape index (κ1) is 14.4. The number of aryl methyl sites for hydroxylation is 1. The summed E-state index contributed by atoms with van der Waals surface area (Å²) in [5.74, 6) is 1.49. The number of rotatable bonds is 3. The molecule has 0 atom stereocenters. The van der Waals surface area contributed by atoms with Gasteiger partial charge in [-0.25, -0.2) is 0 Å². The minimum Gasteiger partial charge on any atom is -0.496 e. The zero-order chi connectivity index (χ0) is 14.0. The van der Waals surface area contributed by atoms with Crippen molar-refractivity contribution < 1.29 is 4.74 Å². The maximum Gasteiger partial charge on any atom is 0.125 e. The van der Waals surface area contributed by atoms with Crippen LogP contribution < -0.4 is 10.5 Å². The zero-order valence-electron chi connectivity index (χ0n) is 12.8. The normalized spacial score (nSPS) is 18.6. The Morgan fingerprint density at radius 2 is 1.79 bits per heavy atom. The van der Waals surface area contributed by atoms with E-state index in [-0.39, 0.29) is 5.54 Å². The Morgan fingerprint density at radius 3 is 2.32 bits per heavy atom. The molecule has 1 aromatic rings. The van der Waals surface area contributed by atoms with Crippen molar-refractivity contribution in [2.24, 2.45) is 5.73 Å². The zero-order valence-corrected chi connectivity index (χ0v) is 12.8. The summed E-state index contributed by atoms with van der Waals surface area (Å²) in [4.78, 5) is 0. The van der Waals surface area contributed by atoms with Crippen molar-refractivity contribution in [1.29, 1.82) is 0 Å². The molecule has 1 aliphatic carbocycles. The minimum absolute atomic E-state index is 0.126. The Morgan fingerprint density at radius 1 is 1.16 bits per heavy atom. The summed E-state index contributed by atoms with van der Waals surface area (Å²) >= 11 is 0. The van der Waals surface area contributed by atoms with E-state index in [1.165, 1.54) is 36.0 Å². The molecule has 2 rings (SSSR count). The average molecular weight is 261 g/mol. The van der Waals surface area contributed by atoms with Crippen LogP contribution in [-0.2, 0) is 5.54 Å². The third-order valence-corrected chi connectivity index (χ3v) is 4.45. The van der Waals surface area contributed by atoms with Crippen LogP contribution in [0.2, 0.25) is 0 Å². The molecule has 0 saturated heterocycles. The molecule has 0 unspecified atom stereocenters. The molecule has 1 saturated carbocycles. The van der Waals surface area contributed by atoms with Gasteiger partial charge in [0.15, 0.2) is 0 Å². The lowest BCUT2D eigenvalue weighted by atomic mass is 9.76. The number of methoxy groups -OCH3 is 1. The van der Waals surface area contributed by atoms with Crippen LogP contribution >= 0.6 is 0 Å². The van der Waals surface area contributed by atoms with Gasteiger partial charge in [-0.05, 0) is 48.4 Å². The lowest BCUT2D eigenvalue weighted by Crippen LogP contribution is -2.38. The van der Waals surface area contributed by atoms with E-state index < -0.39 is 0 Å². The monoisotopic (exact) mass is 261 g/mol. The molecule has 0 radical (unpaired) electrons. The number of hydrogen-bond donors (Lipinski definition) is 1. The van der Waals surface area contributed by atoms with Gasteiger partial charge in [0.05, 0.1) is 7.11 Å². The molecule has 2 nitrogen and oxygen atoms in total. The Labute approximate surface area is 117 Å². The van der Waals surface area contributed by atoms with Crippen LogP contribution in [0.4, 0.5) is 0 Å². The van der Waals surface area contributed by atoms with Gasteiger partial charge in [-0.2, -0.15) is 0 Å². The highest BCUT2D eigenvalue weighted by atomic mass is 16.5. The van der Waals surface area contributed by atoms with E-state index >= 15 is 0 Å². The van der Waals surface area contributed by atoms with Gasteiger partial charge in [0, 0.05) is 5.54 Å². The van der Waals surface area contributed by atoms with Crippen LogP contribution in [0.15, 0.2) is 12.1 Å². The van der Waals surface area contributed by atoms with Crippen molar-refractivity contribution in [2.45, 2.75) is 64.3 Å². The van der Waals surface area contributed by atoms with Crippen molar-refractivity contribution in [3.63, 3.8) is 0 Å². The van der Waals surface area contributed by atoms with E-state index in [0.717, 1.165) is 18.6 Å². The molecule has 0 heterocycles. The molecule has 2 N–H and O–H groups in total. The highest BCUT2D eigenvalue weighted by molar-refractivity contribution is 5.47. The second kappa shape index (κ2) is 5.54. The van der Waals surface area contributed by atoms with E-state index in [2.05, 4.69) is 32.9 Å². The molecule has 0 aliphatic heterocycles. The molecule has 0 aromatic heterocycles. The van der Waals surface area contributed by atoms with Crippen molar-refractivity contribution >= 4 is 0 Å². The van der Waals surface area contributed by atoms with Crippen LogP contribution in [0.1, 0.15) is 68.6 Å². The van der Waals surface area contributed by atoms with Crippen molar-refractivity contribution in [3.8, 4) is 5.75 Å². The van der Waals surface area contributed by atoms with Crippen LogP contribution in [0.5, 0.6) is 5.75 Å². The first-order valence-corrected chi connectivity index (χ1v) is 7.46. The van der Waals surface area contributed by atoms with Gasteiger partial charge in [-0.15, -0.1) is 0 Å². The number of nitrogens with two attached hydrogens (primary N) is 1. The lowest BCUT2D eigenvalue weighted by molar-refractivity contribution is 0.301. The first-order chi connectivity index (χ1) is 8.98. The van der Waals surface area contributed by atoms with Gasteiger partial charge >= 0.3 is 0 Å². The number of ether oxygens (including phenoxy) is 1. The molecule has 0 spiro atoms. The molecular weight excluding hydrogens is 234 g/mol. The molecule has 0 bridgehead atoms. The largest absolute Gasteiger partial charge is 0.496 e. The summed E-state index contributed by atoms with van der Waals surface area (Å²) in [5, 5.41) is 0. The molecule has 1 aliphatic rings. The lowest BCUT2D eigenvalue weighted by Gasteiger charge is -2.35. The van der Waals surface area contributed by atoms with Gasteiger partial charge in [0.25, 0.3) is 0 Å². The SMILES string of the molecule is COc1c(C)cc(C2(N)CCCCC2)cc1C(C)C. The van der Waals surface area contributed by atoms with Gasteiger partial charge in [0.1, 0.15) is 5.75 Å². The van der Waals surface area contributed by atoms with Crippen LogP contribution in [0.3, 0.4) is 0 Å². The van der Waals surface area contributed by atoms with E-state index in [9.17, 15) is 0 Å². The quantitative estimate of drug-likeness (QED) is 0.883. The maximum atomic E-state index is 6.67. The first-order valence-electron chi connectivity index (χ1n) is 7.46. The highest BCUT2D eigenvalue weighted by Gasteiger charge is 2.30. The van der Waals surface area contributed by atoms with E-state index in [0.29, 0.717) is 5.92 Å². The Bertz CT molecular complexity index is 445. The third-order valence-electron chi connectivity index (χ3n) is 4.45. The molecule has 0 amide bonds. The fraction of sp³-hybridized carbons (Fsp3) is 0.647. The molecule has 19 heavy (non-hydrogen) atoms. The van der Waals surface area contributed by atoms with Gasteiger partial charge in [-0.1, -0.05) is 39.2 Å². The summed E-state index contributed by atoms with van der Waals surface area (Å²) in [7, 11) is 1.76. The van der Waals surface area contributed by atoms with E-state index in [1.54, 1.807) is 7.11 Å². The van der Waals surface area contributed by atoms with Gasteiger partial charge in [-0.3, -0.25) is 0 Å². The van der Waals surface area contributed by atoms with Crippen LogP contribution in [0.25, 0.3) is 0 Å². The molecule has 106 valence electrons. The van der Waals surface area contributed by atoms with E-state index in [1.807, 2.05) is 0 Å². The highest BCUT2D eigenvalue weighted by Crippen LogP contribution is 2.39. The predicted molar refractivity (Wildman–Crippen MR) is 80.8 cm³/mol. The van der Waals surface area contributed by atoms with Crippen molar-refractivity contribution in [1.82, 2.24) is 0 Å². The molecule has 2 heteroatoms. The van der Waals surface area contributed by atoms with Crippen molar-refractivity contribution in [2.75, 3.05) is 7.11 Å². The Kier molecular flexibility index (Phi) is 4.19. The second-order valence-corrected chi connectivity index (χ2v) is 6.29. The summed E-state index contributed by atoms with van der Waals surface area (Å²) in [6.45, 7) is 6.55. The average Bonchev–Trinajstić information content (AvgIpc) is 2.38. The van der Waals surface area contributed by atoms with Crippen LogP contribution in [-0.4, -0.2) is 7.11 Å². The summed E-state index contributed by atoms with van der Waals surface area (Å²) in [6.07, 6.45) is 6.04.